The van der Waals surface area contributed by atoms with Gasteiger partial charge in [-0.3, -0.25) is 0 Å². The van der Waals surface area contributed by atoms with Gasteiger partial charge >= 0.3 is 5.97 Å². The van der Waals surface area contributed by atoms with Crippen molar-refractivity contribution in [3.05, 3.63) is 12.2 Å². The standard InChI is InChI=1S/C9H18O3Si/c1-7(9(11)12)5-6-8(10)13(2,3)4/h8,10H,1,5-6H2,2-4H3,(H,11,12). The second kappa shape index (κ2) is 4.57. The number of carbonyl (C=O) groups is 1. The van der Waals surface area contributed by atoms with E-state index in [2.05, 4.69) is 26.2 Å². The topological polar surface area (TPSA) is 57.5 Å². The van der Waals surface area contributed by atoms with E-state index in [1.807, 2.05) is 0 Å². The number of rotatable bonds is 5. The van der Waals surface area contributed by atoms with E-state index < -0.39 is 14.0 Å². The second-order valence-corrected chi connectivity index (χ2v) is 9.73. The van der Waals surface area contributed by atoms with Crippen molar-refractivity contribution in [2.24, 2.45) is 0 Å². The average molecular weight is 202 g/mol. The summed E-state index contributed by atoms with van der Waals surface area (Å²) < 4.78 is 0. The van der Waals surface area contributed by atoms with Crippen molar-refractivity contribution in [2.45, 2.75) is 38.2 Å². The lowest BCUT2D eigenvalue weighted by Gasteiger charge is -2.23. The molecule has 0 aromatic heterocycles. The van der Waals surface area contributed by atoms with Gasteiger partial charge in [0.2, 0.25) is 0 Å². The van der Waals surface area contributed by atoms with Gasteiger partial charge < -0.3 is 10.2 Å². The zero-order chi connectivity index (χ0) is 10.6. The first kappa shape index (κ1) is 12.4. The van der Waals surface area contributed by atoms with E-state index in [1.54, 1.807) is 0 Å². The van der Waals surface area contributed by atoms with Crippen LogP contribution in [0.3, 0.4) is 0 Å². The van der Waals surface area contributed by atoms with Gasteiger partial charge in [-0.25, -0.2) is 4.79 Å². The number of aliphatic hydroxyl groups excluding tert-OH is 1. The summed E-state index contributed by atoms with van der Waals surface area (Å²) in [6.45, 7) is 9.58. The Balaban J connectivity index is 3.91. The highest BCUT2D eigenvalue weighted by Gasteiger charge is 2.24. The monoisotopic (exact) mass is 202 g/mol. The fraction of sp³-hybridized carbons (Fsp3) is 0.667. The highest BCUT2D eigenvalue weighted by molar-refractivity contribution is 6.77. The maximum atomic E-state index is 10.4. The fourth-order valence-corrected chi connectivity index (χ4v) is 1.86. The summed E-state index contributed by atoms with van der Waals surface area (Å²) >= 11 is 0. The van der Waals surface area contributed by atoms with Gasteiger partial charge in [0.25, 0.3) is 0 Å². The Labute approximate surface area is 80.1 Å². The van der Waals surface area contributed by atoms with Crippen LogP contribution in [-0.2, 0) is 4.79 Å². The number of carboxylic acid groups (broad SMARTS) is 1. The molecule has 0 amide bonds. The molecule has 0 bridgehead atoms. The molecule has 0 aromatic carbocycles. The van der Waals surface area contributed by atoms with Crippen LogP contribution in [-0.4, -0.2) is 30.0 Å². The van der Waals surface area contributed by atoms with Crippen LogP contribution in [0.15, 0.2) is 12.2 Å². The average Bonchev–Trinajstić information content (AvgIpc) is 1.97. The highest BCUT2D eigenvalue weighted by Crippen LogP contribution is 2.15. The van der Waals surface area contributed by atoms with Gasteiger partial charge in [0.15, 0.2) is 0 Å². The molecule has 4 heteroatoms. The van der Waals surface area contributed by atoms with Crippen LogP contribution in [0.2, 0.25) is 19.6 Å². The van der Waals surface area contributed by atoms with Crippen molar-refractivity contribution in [3.8, 4) is 0 Å². The molecule has 0 fully saturated rings. The van der Waals surface area contributed by atoms with Gasteiger partial charge in [0.1, 0.15) is 0 Å². The van der Waals surface area contributed by atoms with Crippen LogP contribution in [0.25, 0.3) is 0 Å². The van der Waals surface area contributed by atoms with E-state index >= 15 is 0 Å². The minimum atomic E-state index is -1.54. The van der Waals surface area contributed by atoms with E-state index in [0.717, 1.165) is 0 Å². The zero-order valence-electron chi connectivity index (χ0n) is 8.50. The molecule has 0 saturated heterocycles. The predicted molar refractivity (Wildman–Crippen MR) is 55.4 cm³/mol. The highest BCUT2D eigenvalue weighted by atomic mass is 28.3. The summed E-state index contributed by atoms with van der Waals surface area (Å²) in [7, 11) is -1.54. The predicted octanol–water partition coefficient (Wildman–Crippen LogP) is 1.65. The van der Waals surface area contributed by atoms with Crippen molar-refractivity contribution < 1.29 is 15.0 Å². The van der Waals surface area contributed by atoms with Gasteiger partial charge in [-0.15, -0.1) is 0 Å². The Morgan fingerprint density at radius 3 is 2.23 bits per heavy atom. The lowest BCUT2D eigenvalue weighted by molar-refractivity contribution is -0.132. The van der Waals surface area contributed by atoms with Crippen LogP contribution in [0.1, 0.15) is 12.8 Å². The van der Waals surface area contributed by atoms with Gasteiger partial charge in [-0.1, -0.05) is 26.2 Å². The first-order chi connectivity index (χ1) is 5.75. The number of aliphatic carboxylic acids is 1. The lowest BCUT2D eigenvalue weighted by Crippen LogP contribution is -2.38. The maximum absolute atomic E-state index is 10.4. The molecular weight excluding hydrogens is 184 g/mol. The Morgan fingerprint density at radius 2 is 1.92 bits per heavy atom. The summed E-state index contributed by atoms with van der Waals surface area (Å²) in [6, 6.07) is 0. The largest absolute Gasteiger partial charge is 0.478 e. The molecule has 0 aliphatic rings. The molecule has 0 aliphatic carbocycles. The van der Waals surface area contributed by atoms with Gasteiger partial charge in [-0.05, 0) is 12.8 Å². The summed E-state index contributed by atoms with van der Waals surface area (Å²) in [5, 5.41) is 18.2. The normalized spacial score (nSPS) is 13.8. The maximum Gasteiger partial charge on any atom is 0.330 e. The second-order valence-electron chi connectivity index (χ2n) is 4.33. The van der Waals surface area contributed by atoms with E-state index in [1.165, 1.54) is 0 Å². The number of hydrogen-bond donors (Lipinski definition) is 2. The van der Waals surface area contributed by atoms with E-state index in [9.17, 15) is 9.90 Å². The summed E-state index contributed by atoms with van der Waals surface area (Å²) in [5.41, 5.74) is -0.166. The number of carboxylic acids is 1. The van der Waals surface area contributed by atoms with Gasteiger partial charge in [0.05, 0.1) is 8.07 Å². The lowest BCUT2D eigenvalue weighted by atomic mass is 10.2. The molecule has 0 spiro atoms. The third-order valence-corrected chi connectivity index (χ3v) is 4.31. The van der Waals surface area contributed by atoms with E-state index in [4.69, 9.17) is 5.11 Å². The van der Waals surface area contributed by atoms with Crippen molar-refractivity contribution >= 4 is 14.0 Å². The molecule has 13 heavy (non-hydrogen) atoms. The molecule has 0 aliphatic heterocycles. The molecule has 1 atom stereocenters. The van der Waals surface area contributed by atoms with E-state index in [-0.39, 0.29) is 11.3 Å². The van der Waals surface area contributed by atoms with Crippen LogP contribution < -0.4 is 0 Å². The molecule has 0 heterocycles. The van der Waals surface area contributed by atoms with Crippen LogP contribution in [0.5, 0.6) is 0 Å². The third kappa shape index (κ3) is 4.85. The van der Waals surface area contributed by atoms with Crippen molar-refractivity contribution in [1.82, 2.24) is 0 Å². The molecule has 0 saturated carbocycles. The Bertz CT molecular complexity index is 205. The number of hydrogen-bond acceptors (Lipinski definition) is 2. The van der Waals surface area contributed by atoms with Crippen molar-refractivity contribution in [2.75, 3.05) is 0 Å². The Kier molecular flexibility index (Phi) is 4.36. The quantitative estimate of drug-likeness (QED) is 0.526. The Hall–Kier alpha value is -0.613. The first-order valence-electron chi connectivity index (χ1n) is 4.34. The third-order valence-electron chi connectivity index (χ3n) is 2.02. The van der Waals surface area contributed by atoms with Gasteiger partial charge in [0, 0.05) is 11.3 Å². The molecule has 0 rings (SSSR count). The SMILES string of the molecule is C=C(CCC(O)[Si](C)(C)C)C(=O)O. The molecule has 76 valence electrons. The van der Waals surface area contributed by atoms with Crippen molar-refractivity contribution in [1.29, 1.82) is 0 Å². The van der Waals surface area contributed by atoms with Gasteiger partial charge in [-0.2, -0.15) is 0 Å². The summed E-state index contributed by atoms with van der Waals surface area (Å²) in [4.78, 5) is 10.4. The molecule has 0 radical (unpaired) electrons. The molecule has 0 aromatic rings. The molecule has 2 N–H and O–H groups in total. The zero-order valence-corrected chi connectivity index (χ0v) is 9.50. The molecule has 3 nitrogen and oxygen atoms in total. The molecule has 1 unspecified atom stereocenters. The fourth-order valence-electron chi connectivity index (χ4n) is 0.851. The smallest absolute Gasteiger partial charge is 0.330 e. The van der Waals surface area contributed by atoms with Crippen LogP contribution in [0, 0.1) is 0 Å². The summed E-state index contributed by atoms with van der Waals surface area (Å²) in [5.74, 6) is -0.970. The minimum Gasteiger partial charge on any atom is -0.478 e. The molecular formula is C9H18O3Si. The van der Waals surface area contributed by atoms with Crippen molar-refractivity contribution in [3.63, 3.8) is 0 Å². The van der Waals surface area contributed by atoms with Crippen LogP contribution >= 0.6 is 0 Å². The number of aliphatic hydroxyl groups is 1. The Morgan fingerprint density at radius 1 is 1.46 bits per heavy atom. The van der Waals surface area contributed by atoms with E-state index in [0.29, 0.717) is 12.8 Å². The summed E-state index contributed by atoms with van der Waals surface area (Å²) in [6.07, 6.45) is 0.891. The van der Waals surface area contributed by atoms with Crippen LogP contribution in [0.4, 0.5) is 0 Å². The minimum absolute atomic E-state index is 0.178. The first-order valence-corrected chi connectivity index (χ1v) is 7.92.